The van der Waals surface area contributed by atoms with Gasteiger partial charge in [-0.15, -0.1) is 56.7 Å². The van der Waals surface area contributed by atoms with E-state index < -0.39 is 35.8 Å². The van der Waals surface area contributed by atoms with Gasteiger partial charge in [0.1, 0.15) is 56.4 Å². The van der Waals surface area contributed by atoms with Crippen molar-refractivity contribution in [3.8, 4) is 43.2 Å². The lowest BCUT2D eigenvalue weighted by atomic mass is 10.0. The van der Waals surface area contributed by atoms with Gasteiger partial charge >= 0.3 is 29.8 Å². The third kappa shape index (κ3) is 21.4. The number of carboxylic acids is 5. The Hall–Kier alpha value is -18.2. The van der Waals surface area contributed by atoms with E-state index in [0.29, 0.717) is 96.1 Å². The average Bonchev–Trinajstić information content (AvgIpc) is 1.61. The molecule has 0 saturated carbocycles. The van der Waals surface area contributed by atoms with Crippen molar-refractivity contribution >= 4 is 245 Å². The molecule has 148 heavy (non-hydrogen) atoms. The topological polar surface area (TPSA) is 429 Å². The molecule has 26 nitrogen and oxygen atoms in total. The van der Waals surface area contributed by atoms with Gasteiger partial charge in [-0.2, -0.15) is 0 Å². The van der Waals surface area contributed by atoms with Crippen LogP contribution < -0.4 is 5.32 Å². The molecule has 0 fully saturated rings. The van der Waals surface area contributed by atoms with E-state index in [2.05, 4.69) is 5.32 Å². The number of phenols is 2. The summed E-state index contributed by atoms with van der Waals surface area (Å²) in [6.45, 7) is 1.90. The Labute approximate surface area is 859 Å². The number of rotatable bonds is 26. The van der Waals surface area contributed by atoms with Crippen LogP contribution in [0.1, 0.15) is 153 Å². The first kappa shape index (κ1) is 98.6. The van der Waals surface area contributed by atoms with E-state index in [-0.39, 0.29) is 145 Å². The molecular formula is C115H73ClFNO25S5. The number of aryl methyl sites for hydroxylation is 1. The molecule has 10 aromatic carbocycles. The molecule has 23 aromatic rings. The number of aromatic carboxylic acids is 5. The average molecular weight is 2080 g/mol. The van der Waals surface area contributed by atoms with Gasteiger partial charge in [0, 0.05) is 93.8 Å². The largest absolute Gasteiger partial charge is 0.504 e. The van der Waals surface area contributed by atoms with Gasteiger partial charge in [0.15, 0.2) is 51.5 Å². The zero-order valence-corrected chi connectivity index (χ0v) is 81.6. The van der Waals surface area contributed by atoms with E-state index in [1.54, 1.807) is 167 Å². The van der Waals surface area contributed by atoms with Crippen molar-refractivity contribution in [3.63, 3.8) is 0 Å². The Kier molecular flexibility index (Phi) is 28.5. The van der Waals surface area contributed by atoms with Crippen LogP contribution in [0.3, 0.4) is 0 Å². The van der Waals surface area contributed by atoms with Crippen molar-refractivity contribution in [2.75, 3.05) is 5.32 Å². The summed E-state index contributed by atoms with van der Waals surface area (Å²) in [6.07, 6.45) is 8.28. The zero-order valence-electron chi connectivity index (χ0n) is 76.8. The maximum Gasteiger partial charge on any atom is 0.339 e. The standard InChI is InChI=1S/C24H16O6S.C23H15ClO4S.C23H15FO4S.C23H14O5S.C22H13NO6S/c1-12-4-2-5-13-9-18(29-21(12)13)17(26)8-15-11-31-23(20(15)24(27)28)19-10-14-6-3-7-16(25)22(14)30-19;2*24-17-8-5-14(6-9-17)7-10-21-22(23(26)27)16(13-29-21)11-18(25)20-12-15-3-1-2-4-19(15)28-20;24-17(20-11-13-3-1-2-4-19(13)28-20)10-16-12-29-22(21(16)23(25)26)15-5-6-18-14(9-15)7-8-27-18;24-14-6-3-5-12-9-16(29-19(12)14)20-18(22(26)27)13(10-30-20)23-21(25)17-8-11-4-1-2-7-15(11)28-17/h2-7,9-11,25H,8H2,1H3,(H,27,28);2*1-10,12-13H,11H2,(H,26,27);1-9,11-12H,10H2,(H,25,26);1-10,24H,(H,23,25)(H,26,27)/b;2*10-7+;;. The predicted octanol–water partition coefficient (Wildman–Crippen LogP) is 30.0. The first-order chi connectivity index (χ1) is 71.5. The maximum absolute atomic E-state index is 13.0. The third-order valence-corrected chi connectivity index (χ3v) is 29.0. The lowest BCUT2D eigenvalue weighted by Gasteiger charge is -2.03. The summed E-state index contributed by atoms with van der Waals surface area (Å²) in [4.78, 5) is 126. The highest BCUT2D eigenvalue weighted by Gasteiger charge is 2.31. The van der Waals surface area contributed by atoms with E-state index in [4.69, 9.17) is 46.9 Å². The molecule has 33 heteroatoms. The molecule has 0 bridgehead atoms. The van der Waals surface area contributed by atoms with E-state index in [1.807, 2.05) is 134 Å². The smallest absolute Gasteiger partial charge is 0.339 e. The number of carbonyl (C=O) groups excluding carboxylic acids is 5. The number of halogens is 2. The highest BCUT2D eigenvalue weighted by molar-refractivity contribution is 7.15. The van der Waals surface area contributed by atoms with Crippen molar-refractivity contribution in [1.29, 1.82) is 0 Å². The molecule has 8 N–H and O–H groups in total. The van der Waals surface area contributed by atoms with Gasteiger partial charge < -0.3 is 76.4 Å². The SMILES string of the molecule is Cc1cccc2cc(C(=O)Cc3csc(-c4cc5cccc(O)c5o4)c3C(=O)O)oc12.O=C(Cc1csc(-c2ccc3occc3c2)c1C(=O)O)c1cc2ccccc2o1.O=C(Cc1csc(/C=C/c2ccc(Cl)cc2)c1C(=O)O)c1cc2ccccc2o1.O=C(Cc1csc(/C=C/c2ccc(F)cc2)c1C(=O)O)c1cc2ccccc2o1.O=C(Nc1csc(-c2cc3cccc(O)c3o2)c1C(=O)O)c1cc2ccccc2o1. The lowest BCUT2D eigenvalue weighted by molar-refractivity contribution is 0.0684. The van der Waals surface area contributed by atoms with Crippen LogP contribution in [0, 0.1) is 12.7 Å². The number of anilines is 1. The van der Waals surface area contributed by atoms with Gasteiger partial charge in [-0.1, -0.05) is 163 Å². The number of nitrogens with one attached hydrogen (secondary N) is 1. The number of carboxylic acid groups (broad SMARTS) is 5. The number of hydrogen-bond acceptors (Lipinski definition) is 25. The molecule has 1 amide bonds. The molecule has 0 unspecified atom stereocenters. The van der Waals surface area contributed by atoms with Crippen molar-refractivity contribution in [3.05, 3.63) is 416 Å². The Bertz CT molecular complexity index is 8890. The first-order valence-corrected chi connectivity index (χ1v) is 49.7. The number of para-hydroxylation sites is 7. The predicted molar refractivity (Wildman–Crippen MR) is 567 cm³/mol. The minimum atomic E-state index is -1.21. The van der Waals surface area contributed by atoms with Gasteiger partial charge in [-0.3, -0.25) is 24.0 Å². The normalized spacial score (nSPS) is 11.3. The highest BCUT2D eigenvalue weighted by atomic mass is 35.5. The molecular weight excluding hydrogens is 2010 g/mol. The van der Waals surface area contributed by atoms with E-state index in [1.165, 1.54) is 75.0 Å². The van der Waals surface area contributed by atoms with Crippen LogP contribution in [0.15, 0.2) is 335 Å². The summed E-state index contributed by atoms with van der Waals surface area (Å²) >= 11 is 12.0. The van der Waals surface area contributed by atoms with Crippen LogP contribution in [0.5, 0.6) is 11.5 Å². The summed E-state index contributed by atoms with van der Waals surface area (Å²) in [6, 6.07) is 76.9. The number of furan rings is 8. The minimum absolute atomic E-state index is 0.0178. The molecule has 0 aliphatic carbocycles. The number of fused-ring (bicyclic) bond motifs is 8. The Morgan fingerprint density at radius 1 is 0.331 bits per heavy atom. The molecule has 0 aliphatic rings. The molecule has 13 heterocycles. The van der Waals surface area contributed by atoms with E-state index in [9.17, 15) is 88.1 Å². The molecule has 23 rings (SSSR count). The van der Waals surface area contributed by atoms with Gasteiger partial charge in [-0.05, 0) is 212 Å². The number of Topliss-reactive ketones (excluding diaryl/α,β-unsaturated/α-hetero) is 4. The second kappa shape index (κ2) is 42.8. The first-order valence-electron chi connectivity index (χ1n) is 44.9. The lowest BCUT2D eigenvalue weighted by Crippen LogP contribution is -2.13. The number of hydrogen-bond donors (Lipinski definition) is 8. The zero-order chi connectivity index (χ0) is 103. The fourth-order valence-electron chi connectivity index (χ4n) is 16.5. The Morgan fingerprint density at radius 2 is 0.696 bits per heavy atom. The Balaban J connectivity index is 0.000000116. The fraction of sp³-hybridized carbons (Fsp3) is 0.0435. The molecule has 0 spiro atoms. The summed E-state index contributed by atoms with van der Waals surface area (Å²) in [5.74, 6) is -6.05. The number of ketones is 4. The van der Waals surface area contributed by atoms with Crippen LogP contribution in [0.4, 0.5) is 10.1 Å². The quantitative estimate of drug-likeness (QED) is 0.0233. The number of thiophene rings is 5. The Morgan fingerprint density at radius 3 is 1.14 bits per heavy atom. The highest BCUT2D eigenvalue weighted by Crippen LogP contribution is 2.45. The van der Waals surface area contributed by atoms with Crippen LogP contribution in [-0.4, -0.2) is 94.6 Å². The van der Waals surface area contributed by atoms with E-state index in [0.717, 1.165) is 71.5 Å². The van der Waals surface area contributed by atoms with Crippen LogP contribution >= 0.6 is 68.3 Å². The van der Waals surface area contributed by atoms with Gasteiger partial charge in [0.2, 0.25) is 23.1 Å². The molecule has 13 aromatic heterocycles. The number of aromatic hydroxyl groups is 2. The number of phenolic OH excluding ortho intramolecular Hbond substituents is 2. The molecule has 0 radical (unpaired) electrons. The third-order valence-electron chi connectivity index (χ3n) is 23.6. The van der Waals surface area contributed by atoms with E-state index >= 15 is 0 Å². The molecule has 0 atom stereocenters. The summed E-state index contributed by atoms with van der Waals surface area (Å²) in [5, 5.41) is 86.5. The monoisotopic (exact) mass is 2080 g/mol. The second-order valence-corrected chi connectivity index (χ2v) is 38.3. The number of amides is 1. The summed E-state index contributed by atoms with van der Waals surface area (Å²) in [7, 11) is 0. The van der Waals surface area contributed by atoms with Gasteiger partial charge in [-0.25, -0.2) is 28.4 Å². The fourth-order valence-corrected chi connectivity index (χ4v) is 21.6. The van der Waals surface area contributed by atoms with Gasteiger partial charge in [0.25, 0.3) is 5.91 Å². The van der Waals surface area contributed by atoms with Crippen molar-refractivity contribution in [2.24, 2.45) is 0 Å². The summed E-state index contributed by atoms with van der Waals surface area (Å²) in [5.41, 5.74) is 9.98. The summed E-state index contributed by atoms with van der Waals surface area (Å²) < 4.78 is 57.9. The van der Waals surface area contributed by atoms with Crippen molar-refractivity contribution in [2.45, 2.75) is 32.6 Å². The molecule has 0 saturated heterocycles. The van der Waals surface area contributed by atoms with Crippen LogP contribution in [0.2, 0.25) is 5.02 Å². The maximum atomic E-state index is 13.0. The second-order valence-electron chi connectivity index (χ2n) is 33.4. The number of carbonyl (C=O) groups is 10. The minimum Gasteiger partial charge on any atom is -0.504 e. The van der Waals surface area contributed by atoms with Crippen molar-refractivity contribution in [1.82, 2.24) is 0 Å². The van der Waals surface area contributed by atoms with Crippen molar-refractivity contribution < 1.29 is 123 Å². The molecule has 732 valence electrons. The number of benzene rings is 10. The van der Waals surface area contributed by atoms with Crippen LogP contribution in [-0.2, 0) is 25.7 Å². The molecule has 0 aliphatic heterocycles. The van der Waals surface area contributed by atoms with Crippen LogP contribution in [0.25, 0.3) is 144 Å². The van der Waals surface area contributed by atoms with Gasteiger partial charge in [0.05, 0.1) is 44.0 Å².